The van der Waals surface area contributed by atoms with E-state index in [0.717, 1.165) is 11.4 Å². The van der Waals surface area contributed by atoms with Crippen LogP contribution in [-0.2, 0) is 0 Å². The van der Waals surface area contributed by atoms with Crippen LogP contribution in [0.5, 0.6) is 0 Å². The first-order chi connectivity index (χ1) is 7.61. The van der Waals surface area contributed by atoms with Crippen molar-refractivity contribution >= 4 is 17.5 Å². The van der Waals surface area contributed by atoms with Crippen molar-refractivity contribution in [1.82, 2.24) is 19.7 Å². The molecule has 0 aliphatic rings. The number of aromatic nitrogens is 4. The smallest absolute Gasteiger partial charge is 0.224 e. The highest BCUT2D eigenvalue weighted by molar-refractivity contribution is 6.32. The fraction of sp³-hybridized carbons (Fsp3) is 0.300. The maximum absolute atomic E-state index is 6.06. The van der Waals surface area contributed by atoms with Crippen LogP contribution in [0.15, 0.2) is 12.3 Å². The van der Waals surface area contributed by atoms with Crippen LogP contribution in [0.3, 0.4) is 0 Å². The lowest BCUT2D eigenvalue weighted by Crippen LogP contribution is -2.06. The Labute approximate surface area is 98.5 Å². The van der Waals surface area contributed by atoms with Gasteiger partial charge in [-0.25, -0.2) is 9.67 Å². The Hall–Kier alpha value is -1.62. The second kappa shape index (κ2) is 4.09. The fourth-order valence-corrected chi connectivity index (χ4v) is 1.64. The van der Waals surface area contributed by atoms with Crippen molar-refractivity contribution in [1.29, 1.82) is 0 Å². The normalized spacial score (nSPS) is 10.5. The minimum Gasteiger partial charge on any atom is -0.357 e. The van der Waals surface area contributed by atoms with Gasteiger partial charge >= 0.3 is 0 Å². The first kappa shape index (κ1) is 10.9. The first-order valence-electron chi connectivity index (χ1n) is 4.85. The summed E-state index contributed by atoms with van der Waals surface area (Å²) < 4.78 is 1.71. The molecule has 0 radical (unpaired) electrons. The Bertz CT molecular complexity index is 520. The molecule has 0 saturated carbocycles. The highest BCUT2D eigenvalue weighted by atomic mass is 35.5. The Balaban J connectivity index is 2.58. The number of nitrogens with one attached hydrogen (secondary N) is 1. The van der Waals surface area contributed by atoms with Gasteiger partial charge in [-0.15, -0.1) is 0 Å². The van der Waals surface area contributed by atoms with Gasteiger partial charge < -0.3 is 5.32 Å². The lowest BCUT2D eigenvalue weighted by atomic mass is 10.4. The van der Waals surface area contributed by atoms with Gasteiger partial charge in [0.1, 0.15) is 5.02 Å². The summed E-state index contributed by atoms with van der Waals surface area (Å²) in [5, 5.41) is 7.68. The van der Waals surface area contributed by atoms with Crippen molar-refractivity contribution in [3.63, 3.8) is 0 Å². The number of hydrogen-bond donors (Lipinski definition) is 1. The quantitative estimate of drug-likeness (QED) is 0.868. The van der Waals surface area contributed by atoms with Gasteiger partial charge in [-0.05, 0) is 19.9 Å². The van der Waals surface area contributed by atoms with Crippen LogP contribution in [0.2, 0.25) is 5.02 Å². The summed E-state index contributed by atoms with van der Waals surface area (Å²) in [7, 11) is 1.76. The molecule has 1 N–H and O–H groups in total. The standard InChI is InChI=1S/C10H12ClN5/c1-6-4-7(2)16(15-6)9-8(11)5-13-10(12-3)14-9/h4-5H,1-3H3,(H,12,13,14). The largest absolute Gasteiger partial charge is 0.357 e. The molecule has 5 nitrogen and oxygen atoms in total. The summed E-state index contributed by atoms with van der Waals surface area (Å²) in [5.41, 5.74) is 1.92. The molecule has 2 heterocycles. The zero-order valence-electron chi connectivity index (χ0n) is 9.32. The van der Waals surface area contributed by atoms with Crippen LogP contribution in [0.1, 0.15) is 11.4 Å². The molecule has 2 aromatic rings. The summed E-state index contributed by atoms with van der Waals surface area (Å²) in [5.74, 6) is 1.11. The van der Waals surface area contributed by atoms with E-state index in [0.29, 0.717) is 16.8 Å². The van der Waals surface area contributed by atoms with Crippen molar-refractivity contribution < 1.29 is 0 Å². The second-order valence-corrected chi connectivity index (χ2v) is 3.86. The molecule has 0 spiro atoms. The minimum atomic E-state index is 0.477. The first-order valence-corrected chi connectivity index (χ1v) is 5.23. The molecule has 0 aromatic carbocycles. The van der Waals surface area contributed by atoms with E-state index in [1.807, 2.05) is 19.9 Å². The maximum atomic E-state index is 6.06. The molecule has 2 aromatic heterocycles. The van der Waals surface area contributed by atoms with E-state index in [1.54, 1.807) is 17.9 Å². The predicted molar refractivity (Wildman–Crippen MR) is 63.2 cm³/mol. The number of aryl methyl sites for hydroxylation is 2. The van der Waals surface area contributed by atoms with E-state index < -0.39 is 0 Å². The highest BCUT2D eigenvalue weighted by Crippen LogP contribution is 2.19. The molecule has 0 unspecified atom stereocenters. The van der Waals surface area contributed by atoms with Gasteiger partial charge in [0.05, 0.1) is 11.9 Å². The summed E-state index contributed by atoms with van der Waals surface area (Å²) in [6, 6.07) is 1.97. The average molecular weight is 238 g/mol. The zero-order valence-corrected chi connectivity index (χ0v) is 10.1. The van der Waals surface area contributed by atoms with Crippen LogP contribution in [0, 0.1) is 13.8 Å². The van der Waals surface area contributed by atoms with Crippen molar-refractivity contribution in [3.05, 3.63) is 28.7 Å². The molecular weight excluding hydrogens is 226 g/mol. The summed E-state index contributed by atoms with van der Waals surface area (Å²) in [6.45, 7) is 3.88. The van der Waals surface area contributed by atoms with Crippen molar-refractivity contribution in [2.24, 2.45) is 0 Å². The molecule has 6 heteroatoms. The Kier molecular flexibility index (Phi) is 2.78. The fourth-order valence-electron chi connectivity index (χ4n) is 1.47. The molecule has 16 heavy (non-hydrogen) atoms. The molecule has 0 aliphatic carbocycles. The maximum Gasteiger partial charge on any atom is 0.224 e. The summed E-state index contributed by atoms with van der Waals surface area (Å²) in [6.07, 6.45) is 1.56. The van der Waals surface area contributed by atoms with Crippen molar-refractivity contribution in [2.45, 2.75) is 13.8 Å². The lowest BCUT2D eigenvalue weighted by molar-refractivity contribution is 0.802. The van der Waals surface area contributed by atoms with Crippen LogP contribution < -0.4 is 5.32 Å². The van der Waals surface area contributed by atoms with Crippen LogP contribution in [0.4, 0.5) is 5.95 Å². The Morgan fingerprint density at radius 2 is 2.12 bits per heavy atom. The Morgan fingerprint density at radius 3 is 2.69 bits per heavy atom. The monoisotopic (exact) mass is 237 g/mol. The van der Waals surface area contributed by atoms with Gasteiger partial charge in [0.2, 0.25) is 5.95 Å². The minimum absolute atomic E-state index is 0.477. The van der Waals surface area contributed by atoms with E-state index in [1.165, 1.54) is 0 Å². The number of nitrogens with zero attached hydrogens (tertiary/aromatic N) is 4. The number of anilines is 1. The zero-order chi connectivity index (χ0) is 11.7. The molecule has 2 rings (SSSR count). The molecular formula is C10H12ClN5. The van der Waals surface area contributed by atoms with Gasteiger partial charge in [-0.2, -0.15) is 10.1 Å². The SMILES string of the molecule is CNc1ncc(Cl)c(-n2nc(C)cc2C)n1. The van der Waals surface area contributed by atoms with Gasteiger partial charge in [-0.1, -0.05) is 11.6 Å². The number of hydrogen-bond acceptors (Lipinski definition) is 4. The van der Waals surface area contributed by atoms with Crippen molar-refractivity contribution in [2.75, 3.05) is 12.4 Å². The van der Waals surface area contributed by atoms with E-state index in [2.05, 4.69) is 20.4 Å². The molecule has 0 bridgehead atoms. The highest BCUT2D eigenvalue weighted by Gasteiger charge is 2.10. The van der Waals surface area contributed by atoms with Crippen LogP contribution >= 0.6 is 11.6 Å². The van der Waals surface area contributed by atoms with Gasteiger partial charge in [0.15, 0.2) is 5.82 Å². The van der Waals surface area contributed by atoms with Crippen LogP contribution in [-0.4, -0.2) is 26.8 Å². The van der Waals surface area contributed by atoms with E-state index in [9.17, 15) is 0 Å². The number of halogens is 1. The molecule has 0 atom stereocenters. The molecule has 0 amide bonds. The molecule has 0 saturated heterocycles. The van der Waals surface area contributed by atoms with E-state index >= 15 is 0 Å². The van der Waals surface area contributed by atoms with E-state index in [-0.39, 0.29) is 0 Å². The predicted octanol–water partition coefficient (Wildman–Crippen LogP) is 1.97. The average Bonchev–Trinajstić information content (AvgIpc) is 2.58. The van der Waals surface area contributed by atoms with Gasteiger partial charge in [0.25, 0.3) is 0 Å². The van der Waals surface area contributed by atoms with Crippen molar-refractivity contribution in [3.8, 4) is 5.82 Å². The van der Waals surface area contributed by atoms with Crippen LogP contribution in [0.25, 0.3) is 5.82 Å². The second-order valence-electron chi connectivity index (χ2n) is 3.45. The molecule has 0 fully saturated rings. The number of rotatable bonds is 2. The summed E-state index contributed by atoms with van der Waals surface area (Å²) in [4.78, 5) is 8.31. The summed E-state index contributed by atoms with van der Waals surface area (Å²) >= 11 is 6.06. The molecule has 84 valence electrons. The lowest BCUT2D eigenvalue weighted by Gasteiger charge is -2.06. The van der Waals surface area contributed by atoms with Gasteiger partial charge in [0, 0.05) is 12.7 Å². The third-order valence-corrected chi connectivity index (χ3v) is 2.43. The van der Waals surface area contributed by atoms with Gasteiger partial charge in [-0.3, -0.25) is 0 Å². The Morgan fingerprint density at radius 1 is 1.38 bits per heavy atom. The molecule has 0 aliphatic heterocycles. The topological polar surface area (TPSA) is 55.6 Å². The third-order valence-electron chi connectivity index (χ3n) is 2.16. The van der Waals surface area contributed by atoms with E-state index in [4.69, 9.17) is 11.6 Å². The third kappa shape index (κ3) is 1.86.